The SMILES string of the molecule is N#Cc1cccc(Oc2nc(Cl)nc3ccccc23)c1. The van der Waals surface area contributed by atoms with Crippen LogP contribution in [0.2, 0.25) is 5.28 Å². The van der Waals surface area contributed by atoms with Crippen molar-refractivity contribution in [2.45, 2.75) is 0 Å². The van der Waals surface area contributed by atoms with Gasteiger partial charge in [0.05, 0.1) is 22.5 Å². The van der Waals surface area contributed by atoms with Gasteiger partial charge in [0.15, 0.2) is 0 Å². The minimum atomic E-state index is 0.120. The summed E-state index contributed by atoms with van der Waals surface area (Å²) in [5.41, 5.74) is 1.23. The second-order valence-electron chi connectivity index (χ2n) is 4.06. The molecular weight excluding hydrogens is 274 g/mol. The summed E-state index contributed by atoms with van der Waals surface area (Å²) in [6, 6.07) is 16.3. The van der Waals surface area contributed by atoms with Crippen LogP contribution >= 0.6 is 11.6 Å². The lowest BCUT2D eigenvalue weighted by Crippen LogP contribution is -1.93. The Labute approximate surface area is 120 Å². The zero-order valence-electron chi connectivity index (χ0n) is 10.2. The summed E-state index contributed by atoms with van der Waals surface area (Å²) in [5, 5.41) is 9.78. The van der Waals surface area contributed by atoms with Crippen molar-refractivity contribution >= 4 is 22.5 Å². The van der Waals surface area contributed by atoms with Crippen LogP contribution in [-0.4, -0.2) is 9.97 Å². The summed E-state index contributed by atoms with van der Waals surface area (Å²) < 4.78 is 5.73. The fraction of sp³-hybridized carbons (Fsp3) is 0. The molecule has 0 aliphatic heterocycles. The van der Waals surface area contributed by atoms with E-state index in [1.54, 1.807) is 24.3 Å². The van der Waals surface area contributed by atoms with Crippen molar-refractivity contribution in [2.75, 3.05) is 0 Å². The van der Waals surface area contributed by atoms with Crippen molar-refractivity contribution in [3.05, 3.63) is 59.4 Å². The summed E-state index contributed by atoms with van der Waals surface area (Å²) in [6.07, 6.45) is 0. The highest BCUT2D eigenvalue weighted by Gasteiger charge is 2.08. The molecule has 2 aromatic carbocycles. The third-order valence-corrected chi connectivity index (χ3v) is 2.89. The monoisotopic (exact) mass is 281 g/mol. The second-order valence-corrected chi connectivity index (χ2v) is 4.39. The number of nitriles is 1. The van der Waals surface area contributed by atoms with Gasteiger partial charge < -0.3 is 4.74 Å². The Bertz CT molecular complexity index is 827. The smallest absolute Gasteiger partial charge is 0.231 e. The molecule has 0 aliphatic carbocycles. The fourth-order valence-corrected chi connectivity index (χ4v) is 2.01. The van der Waals surface area contributed by atoms with Gasteiger partial charge in [-0.3, -0.25) is 0 Å². The van der Waals surface area contributed by atoms with Crippen LogP contribution in [0.4, 0.5) is 0 Å². The van der Waals surface area contributed by atoms with Crippen molar-refractivity contribution in [1.29, 1.82) is 5.26 Å². The summed E-state index contributed by atoms with van der Waals surface area (Å²) in [7, 11) is 0. The predicted octanol–water partition coefficient (Wildman–Crippen LogP) is 3.95. The summed E-state index contributed by atoms with van der Waals surface area (Å²) in [5.74, 6) is 0.902. The van der Waals surface area contributed by atoms with E-state index in [1.807, 2.05) is 24.3 Å². The number of hydrogen-bond acceptors (Lipinski definition) is 4. The zero-order valence-corrected chi connectivity index (χ0v) is 11.0. The van der Waals surface area contributed by atoms with Gasteiger partial charge in [0.1, 0.15) is 5.75 Å². The molecule has 1 heterocycles. The van der Waals surface area contributed by atoms with Gasteiger partial charge in [0, 0.05) is 0 Å². The summed E-state index contributed by atoms with van der Waals surface area (Å²) in [6.45, 7) is 0. The number of para-hydroxylation sites is 1. The fourth-order valence-electron chi connectivity index (χ4n) is 1.84. The van der Waals surface area contributed by atoms with Gasteiger partial charge in [0.2, 0.25) is 11.2 Å². The molecule has 0 spiro atoms. The lowest BCUT2D eigenvalue weighted by Gasteiger charge is -2.08. The van der Waals surface area contributed by atoms with E-state index in [1.165, 1.54) is 0 Å². The highest BCUT2D eigenvalue weighted by Crippen LogP contribution is 2.28. The van der Waals surface area contributed by atoms with Crippen LogP contribution in [0.3, 0.4) is 0 Å². The van der Waals surface area contributed by atoms with E-state index >= 15 is 0 Å². The Morgan fingerprint density at radius 2 is 1.90 bits per heavy atom. The van der Waals surface area contributed by atoms with Crippen LogP contribution in [0.5, 0.6) is 11.6 Å². The molecule has 4 nitrogen and oxygen atoms in total. The highest BCUT2D eigenvalue weighted by atomic mass is 35.5. The summed E-state index contributed by atoms with van der Waals surface area (Å²) >= 11 is 5.89. The average molecular weight is 282 g/mol. The predicted molar refractivity (Wildman–Crippen MR) is 75.8 cm³/mol. The zero-order chi connectivity index (χ0) is 13.9. The first kappa shape index (κ1) is 12.4. The quantitative estimate of drug-likeness (QED) is 0.667. The van der Waals surface area contributed by atoms with E-state index < -0.39 is 0 Å². The van der Waals surface area contributed by atoms with Gasteiger partial charge in [-0.05, 0) is 41.9 Å². The van der Waals surface area contributed by atoms with Gasteiger partial charge >= 0.3 is 0 Å². The molecule has 0 atom stereocenters. The number of aromatic nitrogens is 2. The molecule has 3 aromatic rings. The molecule has 0 saturated heterocycles. The Morgan fingerprint density at radius 3 is 2.75 bits per heavy atom. The highest BCUT2D eigenvalue weighted by molar-refractivity contribution is 6.28. The van der Waals surface area contributed by atoms with E-state index in [0.717, 1.165) is 5.39 Å². The molecule has 0 bridgehead atoms. The van der Waals surface area contributed by atoms with Crippen molar-refractivity contribution in [1.82, 2.24) is 9.97 Å². The lowest BCUT2D eigenvalue weighted by atomic mass is 10.2. The maximum Gasteiger partial charge on any atom is 0.231 e. The molecule has 20 heavy (non-hydrogen) atoms. The number of fused-ring (bicyclic) bond motifs is 1. The Morgan fingerprint density at radius 1 is 1.05 bits per heavy atom. The summed E-state index contributed by atoms with van der Waals surface area (Å²) in [4.78, 5) is 8.23. The minimum Gasteiger partial charge on any atom is -0.438 e. The molecule has 1 aromatic heterocycles. The molecule has 0 fully saturated rings. The number of halogens is 1. The molecule has 0 radical (unpaired) electrons. The van der Waals surface area contributed by atoms with E-state index in [-0.39, 0.29) is 5.28 Å². The third kappa shape index (κ3) is 2.40. The first-order valence-corrected chi connectivity index (χ1v) is 6.24. The number of rotatable bonds is 2. The first-order valence-electron chi connectivity index (χ1n) is 5.86. The van der Waals surface area contributed by atoms with Crippen molar-refractivity contribution in [3.8, 4) is 17.7 Å². The Hall–Kier alpha value is -2.64. The topological polar surface area (TPSA) is 58.8 Å². The molecule has 0 unspecified atom stereocenters. The molecular formula is C15H8ClN3O. The van der Waals surface area contributed by atoms with Gasteiger partial charge in [-0.15, -0.1) is 0 Å². The third-order valence-electron chi connectivity index (χ3n) is 2.72. The van der Waals surface area contributed by atoms with Crippen LogP contribution in [0, 0.1) is 11.3 Å². The molecule has 96 valence electrons. The van der Waals surface area contributed by atoms with Crippen LogP contribution in [-0.2, 0) is 0 Å². The van der Waals surface area contributed by atoms with Crippen molar-refractivity contribution in [2.24, 2.45) is 0 Å². The van der Waals surface area contributed by atoms with Crippen LogP contribution < -0.4 is 4.74 Å². The molecule has 0 N–H and O–H groups in total. The van der Waals surface area contributed by atoms with Gasteiger partial charge in [-0.1, -0.05) is 18.2 Å². The Balaban J connectivity index is 2.08. The minimum absolute atomic E-state index is 0.120. The van der Waals surface area contributed by atoms with E-state index in [9.17, 15) is 0 Å². The van der Waals surface area contributed by atoms with Crippen LogP contribution in [0.15, 0.2) is 48.5 Å². The average Bonchev–Trinajstić information content (AvgIpc) is 2.47. The van der Waals surface area contributed by atoms with E-state index in [4.69, 9.17) is 21.6 Å². The number of nitrogens with zero attached hydrogens (tertiary/aromatic N) is 3. The largest absolute Gasteiger partial charge is 0.438 e. The van der Waals surface area contributed by atoms with E-state index in [0.29, 0.717) is 22.7 Å². The van der Waals surface area contributed by atoms with Crippen molar-refractivity contribution < 1.29 is 4.74 Å². The number of hydrogen-bond donors (Lipinski definition) is 0. The number of ether oxygens (including phenoxy) is 1. The van der Waals surface area contributed by atoms with Gasteiger partial charge in [-0.2, -0.15) is 10.2 Å². The molecule has 0 aliphatic rings. The van der Waals surface area contributed by atoms with E-state index in [2.05, 4.69) is 16.0 Å². The normalized spacial score (nSPS) is 10.2. The van der Waals surface area contributed by atoms with Crippen LogP contribution in [0.1, 0.15) is 5.56 Å². The molecule has 0 saturated carbocycles. The standard InChI is InChI=1S/C15H8ClN3O/c16-15-18-13-7-2-1-6-12(13)14(19-15)20-11-5-3-4-10(8-11)9-17/h1-8H. The maximum atomic E-state index is 8.89. The second kappa shape index (κ2) is 5.16. The molecule has 3 rings (SSSR count). The Kier molecular flexibility index (Phi) is 3.20. The van der Waals surface area contributed by atoms with Gasteiger partial charge in [-0.25, -0.2) is 4.98 Å². The maximum absolute atomic E-state index is 8.89. The molecule has 5 heteroatoms. The van der Waals surface area contributed by atoms with Gasteiger partial charge in [0.25, 0.3) is 0 Å². The first-order chi connectivity index (χ1) is 9.76. The lowest BCUT2D eigenvalue weighted by molar-refractivity contribution is 0.468. The number of benzene rings is 2. The molecule has 0 amide bonds. The van der Waals surface area contributed by atoms with Crippen molar-refractivity contribution in [3.63, 3.8) is 0 Å². The van der Waals surface area contributed by atoms with Crippen LogP contribution in [0.25, 0.3) is 10.9 Å².